The lowest BCUT2D eigenvalue weighted by Gasteiger charge is -2.29. The van der Waals surface area contributed by atoms with Gasteiger partial charge in [0.2, 0.25) is 0 Å². The molecule has 0 radical (unpaired) electrons. The molecule has 0 amide bonds. The van der Waals surface area contributed by atoms with Gasteiger partial charge in [0, 0.05) is 23.4 Å². The van der Waals surface area contributed by atoms with E-state index in [-0.39, 0.29) is 0 Å². The summed E-state index contributed by atoms with van der Waals surface area (Å²) < 4.78 is 6.83. The van der Waals surface area contributed by atoms with Gasteiger partial charge in [0.05, 0.1) is 10.4 Å². The van der Waals surface area contributed by atoms with Crippen LogP contribution in [-0.2, 0) is 4.74 Å². The fourth-order valence-corrected chi connectivity index (χ4v) is 4.05. The Hall–Kier alpha value is 0.1000. The largest absolute Gasteiger partial charge is 0.381 e. The molecule has 0 spiro atoms. The highest BCUT2D eigenvalue weighted by Crippen LogP contribution is 2.36. The maximum absolute atomic E-state index is 5.58. The van der Waals surface area contributed by atoms with E-state index < -0.39 is 0 Å². The van der Waals surface area contributed by atoms with Crippen molar-refractivity contribution in [2.75, 3.05) is 20.3 Å². The van der Waals surface area contributed by atoms with Gasteiger partial charge in [0.25, 0.3) is 0 Å². The van der Waals surface area contributed by atoms with Crippen LogP contribution in [0.25, 0.3) is 0 Å². The van der Waals surface area contributed by atoms with Crippen molar-refractivity contribution in [3.8, 4) is 0 Å². The number of ether oxygens (including phenoxy) is 1. The van der Waals surface area contributed by atoms with E-state index in [1.54, 1.807) is 0 Å². The van der Waals surface area contributed by atoms with Crippen molar-refractivity contribution in [1.29, 1.82) is 0 Å². The lowest BCUT2D eigenvalue weighted by Crippen LogP contribution is -2.30. The second-order valence-corrected chi connectivity index (χ2v) is 6.75. The van der Waals surface area contributed by atoms with Crippen molar-refractivity contribution in [3.05, 3.63) is 20.3 Å². The van der Waals surface area contributed by atoms with Gasteiger partial charge >= 0.3 is 0 Å². The first-order chi connectivity index (χ1) is 7.72. The summed E-state index contributed by atoms with van der Waals surface area (Å²) in [5.74, 6) is 0.615. The number of thiophene rings is 1. The van der Waals surface area contributed by atoms with Gasteiger partial charge < -0.3 is 10.1 Å². The summed E-state index contributed by atoms with van der Waals surface area (Å²) in [5, 5.41) is 3.44. The van der Waals surface area contributed by atoms with Crippen molar-refractivity contribution >= 4 is 27.3 Å². The summed E-state index contributed by atoms with van der Waals surface area (Å²) in [4.78, 5) is 1.42. The van der Waals surface area contributed by atoms with Gasteiger partial charge in [-0.15, -0.1) is 11.3 Å². The molecule has 2 unspecified atom stereocenters. The van der Waals surface area contributed by atoms with E-state index in [9.17, 15) is 0 Å². The van der Waals surface area contributed by atoms with Crippen molar-refractivity contribution in [2.45, 2.75) is 25.8 Å². The Morgan fingerprint density at radius 2 is 2.44 bits per heavy atom. The molecule has 2 heterocycles. The lowest BCUT2D eigenvalue weighted by atomic mass is 9.92. The zero-order valence-electron chi connectivity index (χ0n) is 9.75. The van der Waals surface area contributed by atoms with Gasteiger partial charge in [-0.05, 0) is 54.4 Å². The fraction of sp³-hybridized carbons (Fsp3) is 0.667. The molecule has 1 aromatic heterocycles. The standard InChI is InChI=1S/C12H18BrNOS/c1-8-6-10(16-12(8)13)11(14-2)9-4-3-5-15-7-9/h6,9,11,14H,3-5,7H2,1-2H3. The Morgan fingerprint density at radius 1 is 1.62 bits per heavy atom. The number of aryl methyl sites for hydroxylation is 1. The van der Waals surface area contributed by atoms with Gasteiger partial charge in [-0.2, -0.15) is 0 Å². The summed E-state index contributed by atoms with van der Waals surface area (Å²) in [6.45, 7) is 3.97. The van der Waals surface area contributed by atoms with Crippen LogP contribution in [-0.4, -0.2) is 20.3 Å². The average molecular weight is 304 g/mol. The van der Waals surface area contributed by atoms with E-state index in [4.69, 9.17) is 4.74 Å². The molecule has 1 N–H and O–H groups in total. The quantitative estimate of drug-likeness (QED) is 0.923. The molecule has 2 rings (SSSR count). The molecular weight excluding hydrogens is 286 g/mol. The monoisotopic (exact) mass is 303 g/mol. The number of hydrogen-bond acceptors (Lipinski definition) is 3. The highest BCUT2D eigenvalue weighted by molar-refractivity contribution is 9.11. The Kier molecular flexibility index (Phi) is 4.41. The van der Waals surface area contributed by atoms with Crippen LogP contribution in [0.15, 0.2) is 9.85 Å². The Bertz CT molecular complexity index is 327. The third-order valence-electron chi connectivity index (χ3n) is 3.16. The summed E-state index contributed by atoms with van der Waals surface area (Å²) in [7, 11) is 2.04. The molecule has 16 heavy (non-hydrogen) atoms. The maximum Gasteiger partial charge on any atom is 0.0731 e. The number of nitrogens with one attached hydrogen (secondary N) is 1. The van der Waals surface area contributed by atoms with Crippen LogP contribution in [0.4, 0.5) is 0 Å². The normalized spacial score (nSPS) is 23.3. The minimum Gasteiger partial charge on any atom is -0.381 e. The summed E-state index contributed by atoms with van der Waals surface area (Å²) in [6.07, 6.45) is 2.45. The average Bonchev–Trinajstić information content (AvgIpc) is 2.61. The Labute approximate surface area is 110 Å². The van der Waals surface area contributed by atoms with Crippen molar-refractivity contribution in [2.24, 2.45) is 5.92 Å². The highest BCUT2D eigenvalue weighted by Gasteiger charge is 2.25. The van der Waals surface area contributed by atoms with Crippen LogP contribution in [0, 0.1) is 12.8 Å². The SMILES string of the molecule is CNC(c1cc(C)c(Br)s1)C1CCCOC1. The fourth-order valence-electron chi connectivity index (χ4n) is 2.28. The van der Waals surface area contributed by atoms with Crippen LogP contribution in [0.1, 0.15) is 29.3 Å². The molecule has 90 valence electrons. The molecule has 1 saturated heterocycles. The van der Waals surface area contributed by atoms with Crippen molar-refractivity contribution < 1.29 is 4.74 Å². The predicted molar refractivity (Wildman–Crippen MR) is 72.1 cm³/mol. The summed E-state index contributed by atoms with van der Waals surface area (Å²) >= 11 is 5.44. The maximum atomic E-state index is 5.58. The van der Waals surface area contributed by atoms with Crippen molar-refractivity contribution in [3.63, 3.8) is 0 Å². The highest BCUT2D eigenvalue weighted by atomic mass is 79.9. The number of rotatable bonds is 3. The molecule has 0 saturated carbocycles. The van der Waals surface area contributed by atoms with E-state index in [1.165, 1.54) is 27.1 Å². The van der Waals surface area contributed by atoms with Gasteiger partial charge in [-0.1, -0.05) is 0 Å². The molecule has 1 aliphatic heterocycles. The molecule has 0 aliphatic carbocycles. The first-order valence-corrected chi connectivity index (χ1v) is 7.34. The van der Waals surface area contributed by atoms with E-state index in [0.717, 1.165) is 13.2 Å². The molecular formula is C12H18BrNOS. The van der Waals surface area contributed by atoms with Crippen LogP contribution in [0.5, 0.6) is 0 Å². The second-order valence-electron chi connectivity index (χ2n) is 4.35. The minimum absolute atomic E-state index is 0.440. The molecule has 0 bridgehead atoms. The Balaban J connectivity index is 2.14. The smallest absolute Gasteiger partial charge is 0.0731 e. The van der Waals surface area contributed by atoms with Crippen molar-refractivity contribution in [1.82, 2.24) is 5.32 Å². The third kappa shape index (κ3) is 2.67. The third-order valence-corrected chi connectivity index (χ3v) is 5.38. The van der Waals surface area contributed by atoms with Gasteiger partial charge in [-0.3, -0.25) is 0 Å². The van der Waals surface area contributed by atoms with Gasteiger partial charge in [0.1, 0.15) is 0 Å². The lowest BCUT2D eigenvalue weighted by molar-refractivity contribution is 0.0407. The first-order valence-electron chi connectivity index (χ1n) is 5.73. The summed E-state index contributed by atoms with van der Waals surface area (Å²) in [6, 6.07) is 2.72. The summed E-state index contributed by atoms with van der Waals surface area (Å²) in [5.41, 5.74) is 1.33. The van der Waals surface area contributed by atoms with E-state index in [1.807, 2.05) is 18.4 Å². The zero-order valence-corrected chi connectivity index (χ0v) is 12.2. The van der Waals surface area contributed by atoms with Gasteiger partial charge in [-0.25, -0.2) is 0 Å². The molecule has 1 fully saturated rings. The van der Waals surface area contributed by atoms with E-state index in [0.29, 0.717) is 12.0 Å². The first kappa shape index (κ1) is 12.6. The van der Waals surface area contributed by atoms with Crippen LogP contribution in [0.3, 0.4) is 0 Å². The van der Waals surface area contributed by atoms with Crippen LogP contribution in [0.2, 0.25) is 0 Å². The molecule has 2 nitrogen and oxygen atoms in total. The molecule has 2 atom stereocenters. The molecule has 1 aliphatic rings. The second kappa shape index (κ2) is 5.63. The Morgan fingerprint density at radius 3 is 2.94 bits per heavy atom. The van der Waals surface area contributed by atoms with E-state index in [2.05, 4.69) is 34.2 Å². The van der Waals surface area contributed by atoms with Crippen LogP contribution < -0.4 is 5.32 Å². The molecule has 1 aromatic rings. The molecule has 0 aromatic carbocycles. The van der Waals surface area contributed by atoms with Gasteiger partial charge in [0.15, 0.2) is 0 Å². The topological polar surface area (TPSA) is 21.3 Å². The predicted octanol–water partition coefficient (Wildman–Crippen LogP) is 3.51. The van der Waals surface area contributed by atoms with Crippen LogP contribution >= 0.6 is 27.3 Å². The molecule has 4 heteroatoms. The number of halogens is 1. The minimum atomic E-state index is 0.440. The van der Waals surface area contributed by atoms with E-state index >= 15 is 0 Å². The number of hydrogen-bond donors (Lipinski definition) is 1. The zero-order chi connectivity index (χ0) is 11.5.